The average molecular weight is 378 g/mol. The van der Waals surface area contributed by atoms with Gasteiger partial charge in [0.2, 0.25) is 0 Å². The summed E-state index contributed by atoms with van der Waals surface area (Å²) in [5.74, 6) is 0. The van der Waals surface area contributed by atoms with Gasteiger partial charge in [0.1, 0.15) is 45.0 Å². The number of hydrogen-bond donors (Lipinski definition) is 3. The molecule has 0 fully saturated rings. The molecule has 0 aliphatic rings. The van der Waals surface area contributed by atoms with E-state index in [1.807, 2.05) is 0 Å². The van der Waals surface area contributed by atoms with Crippen LogP contribution in [0.5, 0.6) is 0 Å². The van der Waals surface area contributed by atoms with Crippen LogP contribution in [-0.4, -0.2) is 14.9 Å². The molecule has 0 saturated heterocycles. The van der Waals surface area contributed by atoms with Crippen molar-refractivity contribution < 1.29 is 14.9 Å². The smallest absolute Gasteiger partial charge is 0.368 e. The lowest BCUT2D eigenvalue weighted by Gasteiger charge is -2.09. The van der Waals surface area contributed by atoms with Crippen LogP contribution < -0.4 is 10.6 Å². The van der Waals surface area contributed by atoms with Crippen LogP contribution in [0.2, 0.25) is 0 Å². The number of halogens is 5. The Kier molecular flexibility index (Phi) is 5.63. The van der Waals surface area contributed by atoms with Crippen LogP contribution in [0.3, 0.4) is 0 Å². The highest BCUT2D eigenvalue weighted by Crippen LogP contribution is 2.66. The zero-order valence-electron chi connectivity index (χ0n) is 7.94. The predicted molar refractivity (Wildman–Crippen MR) is 78.2 cm³/mol. The zero-order valence-corrected chi connectivity index (χ0v) is 13.5. The molecule has 3 N–H and O–H groups in total. The molecule has 0 aromatic heterocycles. The number of aliphatic hydroxyl groups excluding tert-OH is 1. The molecule has 17 heavy (non-hydrogen) atoms. The van der Waals surface area contributed by atoms with Gasteiger partial charge in [-0.15, -0.1) is 0 Å². The fraction of sp³-hybridized carbons (Fsp3) is 0.143. The van der Waals surface area contributed by atoms with E-state index in [1.54, 1.807) is 0 Å². The largest absolute Gasteiger partial charge is 0.373 e. The molecule has 0 heterocycles. The van der Waals surface area contributed by atoms with Crippen molar-refractivity contribution >= 4 is 79.6 Å². The first kappa shape index (κ1) is 16.5. The normalized spacial score (nSPS) is 14.8. The Hall–Kier alpha value is 1.41. The lowest BCUT2D eigenvalue weighted by Crippen LogP contribution is -2.15. The van der Waals surface area contributed by atoms with Crippen molar-refractivity contribution in [3.63, 3.8) is 0 Å². The van der Waals surface area contributed by atoms with Gasteiger partial charge in [-0.25, -0.2) is 9.79 Å². The summed E-state index contributed by atoms with van der Waals surface area (Å²) in [5.41, 5.74) is -1.17. The number of rotatable bonds is 3. The Morgan fingerprint density at radius 1 is 0.882 bits per heavy atom. The van der Waals surface area contributed by atoms with Gasteiger partial charge in [-0.1, -0.05) is 11.6 Å². The second-order valence-corrected chi connectivity index (χ2v) is 13.4. The topological polar surface area (TPSA) is 60.7 Å². The van der Waals surface area contributed by atoms with Crippen molar-refractivity contribution in [3.8, 4) is 0 Å². The van der Waals surface area contributed by atoms with Crippen molar-refractivity contribution in [1.82, 2.24) is 0 Å². The summed E-state index contributed by atoms with van der Waals surface area (Å²) in [5, 5.41) is 9.47. The molecule has 0 bridgehead atoms. The molecule has 0 spiro atoms. The first-order valence-electron chi connectivity index (χ1n) is 4.02. The highest BCUT2D eigenvalue weighted by atomic mass is 35.9. The molecule has 0 radical (unpaired) electrons. The van der Waals surface area contributed by atoms with Crippen LogP contribution in [0, 0.1) is 0 Å². The zero-order chi connectivity index (χ0) is 13.4. The Labute approximate surface area is 123 Å². The second kappa shape index (κ2) is 5.81. The van der Waals surface area contributed by atoms with Crippen molar-refractivity contribution in [3.05, 3.63) is 23.8 Å². The predicted octanol–water partition coefficient (Wildman–Crippen LogP) is 3.63. The van der Waals surface area contributed by atoms with Crippen molar-refractivity contribution in [2.75, 3.05) is 0 Å². The number of hydrogen-bond acceptors (Lipinski definition) is 3. The van der Waals surface area contributed by atoms with E-state index in [0.29, 0.717) is 0 Å². The summed E-state index contributed by atoms with van der Waals surface area (Å²) in [6.07, 6.45) is -6.73. The molecule has 1 aromatic carbocycles. The quantitative estimate of drug-likeness (QED) is 0.556. The third-order valence-corrected chi connectivity index (χ3v) is 6.17. The van der Waals surface area contributed by atoms with E-state index in [9.17, 15) is 14.9 Å². The van der Waals surface area contributed by atoms with E-state index >= 15 is 0 Å². The molecular formula is C7H7Cl5O3P2+2. The minimum absolute atomic E-state index is 0.104. The maximum Gasteiger partial charge on any atom is 0.368 e. The lowest BCUT2D eigenvalue weighted by atomic mass is 10.2. The molecular weight excluding hydrogens is 371 g/mol. The molecule has 96 valence electrons. The monoisotopic (exact) mass is 376 g/mol. The van der Waals surface area contributed by atoms with Crippen LogP contribution in [-0.2, 0) is 0 Å². The molecule has 0 aliphatic heterocycles. The van der Waals surface area contributed by atoms with Gasteiger partial charge in [0.25, 0.3) is 0 Å². The summed E-state index contributed by atoms with van der Waals surface area (Å²) in [7, 11) is 0. The van der Waals surface area contributed by atoms with Crippen LogP contribution in [0.1, 0.15) is 11.1 Å². The van der Waals surface area contributed by atoms with Crippen LogP contribution in [0.4, 0.5) is 0 Å². The van der Waals surface area contributed by atoms with Crippen molar-refractivity contribution in [1.29, 1.82) is 0 Å². The molecule has 0 amide bonds. The maximum absolute atomic E-state index is 9.55. The van der Waals surface area contributed by atoms with E-state index in [2.05, 4.69) is 0 Å². The van der Waals surface area contributed by atoms with Gasteiger partial charge in [0.15, 0.2) is 16.2 Å². The van der Waals surface area contributed by atoms with Crippen molar-refractivity contribution in [2.45, 2.75) is 5.56 Å². The van der Waals surface area contributed by atoms with Gasteiger partial charge in [0.05, 0.1) is 0 Å². The SMILES string of the molecule is OC(Cl)c1cc([P+](O)(Cl)Cl)cc([P+](O)(Cl)Cl)c1. The lowest BCUT2D eigenvalue weighted by molar-refractivity contribution is 0.263. The third kappa shape index (κ3) is 4.78. The average Bonchev–Trinajstić information content (AvgIpc) is 2.14. The maximum atomic E-state index is 9.55. The van der Waals surface area contributed by atoms with Gasteiger partial charge in [-0.3, -0.25) is 0 Å². The molecule has 1 unspecified atom stereocenters. The number of alkyl halides is 1. The summed E-state index contributed by atoms with van der Waals surface area (Å²) in [4.78, 5) is 19.1. The van der Waals surface area contributed by atoms with Gasteiger partial charge < -0.3 is 5.11 Å². The van der Waals surface area contributed by atoms with Crippen LogP contribution in [0.15, 0.2) is 18.2 Å². The molecule has 0 aliphatic carbocycles. The van der Waals surface area contributed by atoms with E-state index < -0.39 is 18.0 Å². The standard InChI is InChI=1S/C7H7Cl5O3P2/c8-7(13)4-1-5(16(9,10)14)3-6(2-4)17(11,12)15/h1-3,7,13-15H/q+2. The highest BCUT2D eigenvalue weighted by molar-refractivity contribution is 8.19. The fourth-order valence-corrected chi connectivity index (χ4v) is 3.66. The van der Waals surface area contributed by atoms with E-state index in [4.69, 9.17) is 56.6 Å². The van der Waals surface area contributed by atoms with E-state index in [-0.39, 0.29) is 16.2 Å². The number of aliphatic hydroxyl groups is 1. The molecule has 0 saturated carbocycles. The summed E-state index contributed by atoms with van der Waals surface area (Å²) in [6.45, 7) is 0. The highest BCUT2D eigenvalue weighted by Gasteiger charge is 2.42. The minimum Gasteiger partial charge on any atom is -0.373 e. The Balaban J connectivity index is 3.40. The van der Waals surface area contributed by atoms with Gasteiger partial charge >= 0.3 is 12.4 Å². The Bertz CT molecular complexity index is 383. The molecule has 1 atom stereocenters. The second-order valence-electron chi connectivity index (χ2n) is 3.09. The third-order valence-electron chi connectivity index (χ3n) is 1.82. The summed E-state index contributed by atoms with van der Waals surface area (Å²) < 4.78 is 0. The molecule has 10 heteroatoms. The first-order chi connectivity index (χ1) is 7.51. The summed E-state index contributed by atoms with van der Waals surface area (Å²) in [6, 6.07) is 3.92. The molecule has 3 nitrogen and oxygen atoms in total. The van der Waals surface area contributed by atoms with Crippen LogP contribution >= 0.6 is 69.0 Å². The van der Waals surface area contributed by atoms with Gasteiger partial charge in [-0.05, 0) is 12.1 Å². The molecule has 1 aromatic rings. The fourth-order valence-electron chi connectivity index (χ4n) is 1.07. The summed E-state index contributed by atoms with van der Waals surface area (Å²) >= 11 is 27.9. The van der Waals surface area contributed by atoms with Crippen molar-refractivity contribution in [2.24, 2.45) is 0 Å². The van der Waals surface area contributed by atoms with E-state index in [0.717, 1.165) is 0 Å². The first-order valence-corrected chi connectivity index (χ1v) is 11.6. The number of benzene rings is 1. The Morgan fingerprint density at radius 2 is 1.24 bits per heavy atom. The van der Waals surface area contributed by atoms with Gasteiger partial charge in [0, 0.05) is 11.6 Å². The van der Waals surface area contributed by atoms with E-state index in [1.165, 1.54) is 18.2 Å². The van der Waals surface area contributed by atoms with Crippen LogP contribution in [0.25, 0.3) is 0 Å². The minimum atomic E-state index is -3.37. The molecule has 1 rings (SSSR count). The Morgan fingerprint density at radius 3 is 1.47 bits per heavy atom. The van der Waals surface area contributed by atoms with Gasteiger partial charge in [-0.2, -0.15) is 0 Å².